The van der Waals surface area contributed by atoms with Crippen molar-refractivity contribution in [3.8, 4) is 0 Å². The Morgan fingerprint density at radius 2 is 2.28 bits per heavy atom. The maximum Gasteiger partial charge on any atom is 0.304 e. The van der Waals surface area contributed by atoms with E-state index in [9.17, 15) is 9.59 Å². The molecule has 1 aromatic carbocycles. The van der Waals surface area contributed by atoms with Crippen LogP contribution < -0.4 is 4.90 Å². The molecule has 1 amide bonds. The van der Waals surface area contributed by atoms with Gasteiger partial charge in [0.15, 0.2) is 0 Å². The van der Waals surface area contributed by atoms with Crippen LogP contribution in [0.2, 0.25) is 0 Å². The molecule has 0 bridgehead atoms. The van der Waals surface area contributed by atoms with Gasteiger partial charge in [-0.25, -0.2) is 0 Å². The lowest BCUT2D eigenvalue weighted by Gasteiger charge is -2.11. The van der Waals surface area contributed by atoms with E-state index < -0.39 is 5.97 Å². The Balaban J connectivity index is 2.11. The molecule has 2 rings (SSSR count). The molecule has 96 valence electrons. The summed E-state index contributed by atoms with van der Waals surface area (Å²) in [6, 6.07) is 5.87. The normalized spacial score (nSPS) is 15.7. The Kier molecular flexibility index (Phi) is 3.71. The SMILES string of the molecule is CN1C(=O)Cc2cc(CC(Br)CC(=O)O)ccc21. The molecule has 1 N–H and O–H groups in total. The van der Waals surface area contributed by atoms with Crippen molar-refractivity contribution in [2.75, 3.05) is 11.9 Å². The number of nitrogens with zero attached hydrogens (tertiary/aromatic N) is 1. The van der Waals surface area contributed by atoms with Crippen LogP contribution in [0.3, 0.4) is 0 Å². The van der Waals surface area contributed by atoms with Gasteiger partial charge in [0, 0.05) is 17.6 Å². The van der Waals surface area contributed by atoms with Gasteiger partial charge >= 0.3 is 5.97 Å². The van der Waals surface area contributed by atoms with E-state index in [4.69, 9.17) is 5.11 Å². The molecule has 4 nitrogen and oxygen atoms in total. The maximum atomic E-state index is 11.5. The second-order valence-electron chi connectivity index (χ2n) is 4.49. The lowest BCUT2D eigenvalue weighted by atomic mass is 10.0. The van der Waals surface area contributed by atoms with Gasteiger partial charge in [-0.15, -0.1) is 0 Å². The zero-order valence-electron chi connectivity index (χ0n) is 10.0. The summed E-state index contributed by atoms with van der Waals surface area (Å²) in [5.41, 5.74) is 3.03. The minimum atomic E-state index is -0.812. The molecular formula is C13H14BrNO3. The van der Waals surface area contributed by atoms with Crippen molar-refractivity contribution in [2.24, 2.45) is 0 Å². The smallest absolute Gasteiger partial charge is 0.304 e. The highest BCUT2D eigenvalue weighted by Gasteiger charge is 2.24. The van der Waals surface area contributed by atoms with Crippen LogP contribution in [0.4, 0.5) is 5.69 Å². The summed E-state index contributed by atoms with van der Waals surface area (Å²) in [4.78, 5) is 23.7. The number of amides is 1. The number of likely N-dealkylation sites (N-methyl/N-ethyl adjacent to an activating group) is 1. The van der Waals surface area contributed by atoms with E-state index in [0.29, 0.717) is 12.8 Å². The number of carboxylic acids is 1. The van der Waals surface area contributed by atoms with E-state index >= 15 is 0 Å². The average molecular weight is 312 g/mol. The second kappa shape index (κ2) is 5.10. The number of rotatable bonds is 4. The largest absolute Gasteiger partial charge is 0.481 e. The molecule has 1 aliphatic heterocycles. The maximum absolute atomic E-state index is 11.5. The number of carbonyl (C=O) groups is 2. The molecule has 0 spiro atoms. The highest BCUT2D eigenvalue weighted by atomic mass is 79.9. The molecule has 0 radical (unpaired) electrons. The Bertz CT molecular complexity index is 501. The van der Waals surface area contributed by atoms with Gasteiger partial charge in [-0.2, -0.15) is 0 Å². The number of carboxylic acid groups (broad SMARTS) is 1. The fourth-order valence-corrected chi connectivity index (χ4v) is 2.82. The van der Waals surface area contributed by atoms with Gasteiger partial charge in [0.2, 0.25) is 5.91 Å². The summed E-state index contributed by atoms with van der Waals surface area (Å²) in [5, 5.41) is 8.70. The lowest BCUT2D eigenvalue weighted by molar-refractivity contribution is -0.136. The fourth-order valence-electron chi connectivity index (χ4n) is 2.17. The van der Waals surface area contributed by atoms with Crippen molar-refractivity contribution in [3.05, 3.63) is 29.3 Å². The first kappa shape index (κ1) is 13.1. The number of alkyl halides is 1. The van der Waals surface area contributed by atoms with Crippen molar-refractivity contribution >= 4 is 33.5 Å². The number of aliphatic carboxylic acids is 1. The highest BCUT2D eigenvalue weighted by Crippen LogP contribution is 2.29. The predicted molar refractivity (Wildman–Crippen MR) is 72.2 cm³/mol. The van der Waals surface area contributed by atoms with Crippen LogP contribution in [0.25, 0.3) is 0 Å². The summed E-state index contributed by atoms with van der Waals surface area (Å²) < 4.78 is 0. The summed E-state index contributed by atoms with van der Waals surface area (Å²) in [6.07, 6.45) is 1.18. The minimum Gasteiger partial charge on any atom is -0.481 e. The Morgan fingerprint density at radius 1 is 1.56 bits per heavy atom. The molecule has 18 heavy (non-hydrogen) atoms. The van der Waals surface area contributed by atoms with Gasteiger partial charge < -0.3 is 10.0 Å². The zero-order chi connectivity index (χ0) is 13.3. The van der Waals surface area contributed by atoms with Crippen LogP contribution in [0.1, 0.15) is 17.5 Å². The van der Waals surface area contributed by atoms with Crippen LogP contribution in [0, 0.1) is 0 Å². The van der Waals surface area contributed by atoms with Crippen LogP contribution in [-0.4, -0.2) is 28.9 Å². The average Bonchev–Trinajstić information content (AvgIpc) is 2.53. The number of fused-ring (bicyclic) bond motifs is 1. The van der Waals surface area contributed by atoms with Gasteiger partial charge in [-0.05, 0) is 23.6 Å². The topological polar surface area (TPSA) is 57.6 Å². The zero-order valence-corrected chi connectivity index (χ0v) is 11.6. The van der Waals surface area contributed by atoms with E-state index in [0.717, 1.165) is 16.8 Å². The fraction of sp³-hybridized carbons (Fsp3) is 0.385. The van der Waals surface area contributed by atoms with E-state index in [1.54, 1.807) is 11.9 Å². The van der Waals surface area contributed by atoms with E-state index in [1.165, 1.54) is 0 Å². The number of hydrogen-bond acceptors (Lipinski definition) is 2. The van der Waals surface area contributed by atoms with Crippen LogP contribution in [0.15, 0.2) is 18.2 Å². The van der Waals surface area contributed by atoms with E-state index in [2.05, 4.69) is 15.9 Å². The molecule has 0 saturated heterocycles. The third kappa shape index (κ3) is 2.72. The van der Waals surface area contributed by atoms with Gasteiger partial charge in [0.05, 0.1) is 12.8 Å². The van der Waals surface area contributed by atoms with Gasteiger partial charge in [0.25, 0.3) is 0 Å². The molecule has 0 aromatic heterocycles. The number of carbonyl (C=O) groups excluding carboxylic acids is 1. The van der Waals surface area contributed by atoms with Crippen molar-refractivity contribution in [2.45, 2.75) is 24.1 Å². The molecule has 0 fully saturated rings. The molecule has 1 aromatic rings. The van der Waals surface area contributed by atoms with Crippen molar-refractivity contribution < 1.29 is 14.7 Å². The summed E-state index contributed by atoms with van der Waals surface area (Å²) in [6.45, 7) is 0. The Labute approximate surface area is 114 Å². The molecule has 0 saturated carbocycles. The van der Waals surface area contributed by atoms with Crippen LogP contribution in [-0.2, 0) is 22.4 Å². The molecular weight excluding hydrogens is 298 g/mol. The first-order chi connectivity index (χ1) is 8.47. The number of halogens is 1. The molecule has 1 heterocycles. The number of anilines is 1. The van der Waals surface area contributed by atoms with Crippen LogP contribution in [0.5, 0.6) is 0 Å². The van der Waals surface area contributed by atoms with E-state index in [-0.39, 0.29) is 17.2 Å². The minimum absolute atomic E-state index is 0.0807. The standard InChI is InChI=1S/C13H14BrNO3/c1-15-11-3-2-8(4-9(11)6-12(15)16)5-10(14)7-13(17)18/h2-4,10H,5-7H2,1H3,(H,17,18). The monoisotopic (exact) mass is 311 g/mol. The summed E-state index contributed by atoms with van der Waals surface area (Å²) >= 11 is 3.36. The predicted octanol–water partition coefficient (Wildman–Crippen LogP) is 1.99. The Hall–Kier alpha value is -1.36. The van der Waals surface area contributed by atoms with Crippen molar-refractivity contribution in [3.63, 3.8) is 0 Å². The lowest BCUT2D eigenvalue weighted by Crippen LogP contribution is -2.20. The van der Waals surface area contributed by atoms with E-state index in [1.807, 2.05) is 18.2 Å². The van der Waals surface area contributed by atoms with Crippen LogP contribution >= 0.6 is 15.9 Å². The quantitative estimate of drug-likeness (QED) is 0.865. The second-order valence-corrected chi connectivity index (χ2v) is 5.79. The molecule has 0 aliphatic carbocycles. The summed E-state index contributed by atoms with van der Waals surface area (Å²) in [7, 11) is 1.77. The van der Waals surface area contributed by atoms with Crippen molar-refractivity contribution in [1.29, 1.82) is 0 Å². The Morgan fingerprint density at radius 3 is 2.94 bits per heavy atom. The molecule has 1 atom stereocenters. The first-order valence-electron chi connectivity index (χ1n) is 5.71. The van der Waals surface area contributed by atoms with Gasteiger partial charge in [0.1, 0.15) is 0 Å². The molecule has 5 heteroatoms. The number of hydrogen-bond donors (Lipinski definition) is 1. The third-order valence-electron chi connectivity index (χ3n) is 3.07. The van der Waals surface area contributed by atoms with Gasteiger partial charge in [-0.3, -0.25) is 9.59 Å². The first-order valence-corrected chi connectivity index (χ1v) is 6.63. The molecule has 1 aliphatic rings. The highest BCUT2D eigenvalue weighted by molar-refractivity contribution is 9.09. The molecule has 1 unspecified atom stereocenters. The van der Waals surface area contributed by atoms with Crippen molar-refractivity contribution in [1.82, 2.24) is 0 Å². The van der Waals surface area contributed by atoms with Gasteiger partial charge in [-0.1, -0.05) is 28.1 Å². The third-order valence-corrected chi connectivity index (χ3v) is 3.72. The summed E-state index contributed by atoms with van der Waals surface area (Å²) in [5.74, 6) is -0.712. The number of benzene rings is 1.